The molecule has 0 radical (unpaired) electrons. The van der Waals surface area contributed by atoms with Crippen molar-refractivity contribution in [1.29, 1.82) is 0 Å². The molecule has 0 fully saturated rings. The van der Waals surface area contributed by atoms with Crippen LogP contribution in [0.2, 0.25) is 0 Å². The maximum atomic E-state index is 13.9. The van der Waals surface area contributed by atoms with Gasteiger partial charge in [0.1, 0.15) is 18.0 Å². The summed E-state index contributed by atoms with van der Waals surface area (Å²) >= 11 is 0. The summed E-state index contributed by atoms with van der Waals surface area (Å²) < 4.78 is 46.4. The van der Waals surface area contributed by atoms with Gasteiger partial charge in [-0.2, -0.15) is 13.2 Å². The van der Waals surface area contributed by atoms with Gasteiger partial charge >= 0.3 is 6.18 Å². The van der Waals surface area contributed by atoms with Crippen LogP contribution in [0.15, 0.2) is 115 Å². The highest BCUT2D eigenvalue weighted by molar-refractivity contribution is 6.06. The molecule has 47 heavy (non-hydrogen) atoms. The lowest BCUT2D eigenvalue weighted by atomic mass is 9.87. The van der Waals surface area contributed by atoms with E-state index in [4.69, 9.17) is 10.5 Å². The molecule has 1 aliphatic rings. The Balaban J connectivity index is 1.28. The molecule has 6 rings (SSSR count). The number of hydrogen-bond acceptors (Lipinski definition) is 4. The summed E-state index contributed by atoms with van der Waals surface area (Å²) in [6, 6.07) is 34.7. The normalized spacial score (nSPS) is 13.4. The zero-order valence-corrected chi connectivity index (χ0v) is 25.6. The fourth-order valence-electron chi connectivity index (χ4n) is 6.17. The third kappa shape index (κ3) is 6.62. The minimum absolute atomic E-state index is 0.0867. The van der Waals surface area contributed by atoms with Gasteiger partial charge in [0, 0.05) is 18.8 Å². The van der Waals surface area contributed by atoms with E-state index in [-0.39, 0.29) is 19.0 Å². The van der Waals surface area contributed by atoms with E-state index >= 15 is 0 Å². The summed E-state index contributed by atoms with van der Waals surface area (Å²) in [6.07, 6.45) is -4.56. The maximum Gasteiger partial charge on any atom is 0.406 e. The first kappa shape index (κ1) is 31.6. The molecule has 1 aliphatic carbocycles. The number of amides is 2. The Bertz CT molecular complexity index is 1930. The molecule has 9 heteroatoms. The van der Waals surface area contributed by atoms with E-state index in [2.05, 4.69) is 5.32 Å². The van der Waals surface area contributed by atoms with Crippen LogP contribution in [0.5, 0.6) is 11.5 Å². The van der Waals surface area contributed by atoms with Gasteiger partial charge < -0.3 is 20.7 Å². The lowest BCUT2D eigenvalue weighted by Crippen LogP contribution is -2.44. The molecule has 1 atom stereocenters. The van der Waals surface area contributed by atoms with Crippen LogP contribution in [-0.2, 0) is 4.79 Å². The standard InChI is InChI=1S/C38H32F3N3O3/c1-24-28(19-20-31-29-11-5-6-12-30(29)35(34(24)31)37(46)44(22-21-42)23-38(39,40)41)25-15-17-26(18-16-25)43-36(45)32-13-7-8-14-33(32)47-27-9-3-2-4-10-27/h2-20,35H,21-23,42H2,1H3,(H,43,45). The monoisotopic (exact) mass is 635 g/mol. The number of anilines is 1. The number of nitrogens with zero attached hydrogens (tertiary/aromatic N) is 1. The number of rotatable bonds is 9. The molecule has 238 valence electrons. The summed E-state index contributed by atoms with van der Waals surface area (Å²) in [6.45, 7) is 0.222. The van der Waals surface area contributed by atoms with E-state index in [1.54, 1.807) is 48.5 Å². The quantitative estimate of drug-likeness (QED) is 0.171. The number of carbonyl (C=O) groups is 2. The van der Waals surface area contributed by atoms with Crippen molar-refractivity contribution in [3.63, 3.8) is 0 Å². The largest absolute Gasteiger partial charge is 0.457 e. The van der Waals surface area contributed by atoms with Crippen LogP contribution in [0.3, 0.4) is 0 Å². The van der Waals surface area contributed by atoms with E-state index in [1.165, 1.54) is 0 Å². The van der Waals surface area contributed by atoms with Crippen molar-refractivity contribution < 1.29 is 27.5 Å². The molecule has 0 aromatic heterocycles. The average molecular weight is 636 g/mol. The van der Waals surface area contributed by atoms with E-state index in [0.717, 1.165) is 32.7 Å². The zero-order chi connectivity index (χ0) is 33.1. The van der Waals surface area contributed by atoms with Gasteiger partial charge in [0.15, 0.2) is 0 Å². The molecule has 0 heterocycles. The number of nitrogens with one attached hydrogen (secondary N) is 1. The molecular formula is C38H32F3N3O3. The smallest absolute Gasteiger partial charge is 0.406 e. The molecule has 0 saturated carbocycles. The molecule has 6 nitrogen and oxygen atoms in total. The maximum absolute atomic E-state index is 13.9. The van der Waals surface area contributed by atoms with Gasteiger partial charge in [-0.05, 0) is 82.3 Å². The second-order valence-electron chi connectivity index (χ2n) is 11.3. The Kier molecular flexibility index (Phi) is 8.82. The number of alkyl halides is 3. The van der Waals surface area contributed by atoms with Crippen LogP contribution < -0.4 is 15.8 Å². The van der Waals surface area contributed by atoms with Crippen LogP contribution in [0, 0.1) is 6.92 Å². The van der Waals surface area contributed by atoms with Crippen molar-refractivity contribution in [3.05, 3.63) is 138 Å². The molecule has 0 bridgehead atoms. The van der Waals surface area contributed by atoms with E-state index in [9.17, 15) is 22.8 Å². The van der Waals surface area contributed by atoms with Crippen molar-refractivity contribution in [1.82, 2.24) is 4.90 Å². The topological polar surface area (TPSA) is 84.7 Å². The number of hydrogen-bond donors (Lipinski definition) is 2. The molecular weight excluding hydrogens is 603 g/mol. The second-order valence-corrected chi connectivity index (χ2v) is 11.3. The fraction of sp³-hybridized carbons (Fsp3) is 0.158. The van der Waals surface area contributed by atoms with Crippen molar-refractivity contribution in [2.75, 3.05) is 25.0 Å². The second kappa shape index (κ2) is 13.1. The van der Waals surface area contributed by atoms with Crippen LogP contribution in [0.1, 0.15) is 33.0 Å². The average Bonchev–Trinajstić information content (AvgIpc) is 3.40. The minimum Gasteiger partial charge on any atom is -0.457 e. The summed E-state index contributed by atoms with van der Waals surface area (Å²) in [5.41, 5.74) is 12.0. The minimum atomic E-state index is -4.56. The number of nitrogens with two attached hydrogens (primary N) is 1. The molecule has 2 amide bonds. The van der Waals surface area contributed by atoms with E-state index < -0.39 is 24.5 Å². The van der Waals surface area contributed by atoms with Crippen LogP contribution in [0.4, 0.5) is 18.9 Å². The molecule has 1 unspecified atom stereocenters. The van der Waals surface area contributed by atoms with Gasteiger partial charge in [-0.1, -0.05) is 78.9 Å². The highest BCUT2D eigenvalue weighted by Crippen LogP contribution is 2.49. The molecule has 0 spiro atoms. The van der Waals surface area contributed by atoms with Crippen molar-refractivity contribution in [3.8, 4) is 33.8 Å². The predicted octanol–water partition coefficient (Wildman–Crippen LogP) is 8.17. The third-order valence-electron chi connectivity index (χ3n) is 8.25. The fourth-order valence-corrected chi connectivity index (χ4v) is 6.17. The number of para-hydroxylation sites is 2. The number of carbonyl (C=O) groups excluding carboxylic acids is 2. The number of ether oxygens (including phenoxy) is 1. The lowest BCUT2D eigenvalue weighted by Gasteiger charge is -2.28. The first-order valence-electron chi connectivity index (χ1n) is 15.2. The van der Waals surface area contributed by atoms with Crippen LogP contribution in [0.25, 0.3) is 22.3 Å². The first-order chi connectivity index (χ1) is 22.6. The number of fused-ring (bicyclic) bond motifs is 3. The van der Waals surface area contributed by atoms with E-state index in [0.29, 0.717) is 33.9 Å². The highest BCUT2D eigenvalue weighted by atomic mass is 19.4. The zero-order valence-electron chi connectivity index (χ0n) is 25.6. The van der Waals surface area contributed by atoms with Crippen molar-refractivity contribution in [2.45, 2.75) is 19.0 Å². The lowest BCUT2D eigenvalue weighted by molar-refractivity contribution is -0.161. The van der Waals surface area contributed by atoms with Gasteiger partial charge in [0.05, 0.1) is 11.5 Å². The molecule has 3 N–H and O–H groups in total. The van der Waals surface area contributed by atoms with Crippen molar-refractivity contribution >= 4 is 17.5 Å². The molecule has 5 aromatic rings. The van der Waals surface area contributed by atoms with E-state index in [1.807, 2.05) is 73.7 Å². The summed E-state index contributed by atoms with van der Waals surface area (Å²) in [5, 5.41) is 2.92. The van der Waals surface area contributed by atoms with Gasteiger partial charge in [-0.3, -0.25) is 9.59 Å². The van der Waals surface area contributed by atoms with Crippen molar-refractivity contribution in [2.24, 2.45) is 5.73 Å². The summed E-state index contributed by atoms with van der Waals surface area (Å²) in [4.78, 5) is 27.9. The predicted molar refractivity (Wildman–Crippen MR) is 176 cm³/mol. The first-order valence-corrected chi connectivity index (χ1v) is 15.2. The molecule has 0 saturated heterocycles. The summed E-state index contributed by atoms with van der Waals surface area (Å²) in [7, 11) is 0. The van der Waals surface area contributed by atoms with Crippen LogP contribution in [-0.4, -0.2) is 42.5 Å². The number of benzene rings is 5. The summed E-state index contributed by atoms with van der Waals surface area (Å²) in [5.74, 6) is -0.827. The van der Waals surface area contributed by atoms with Gasteiger partial charge in [-0.15, -0.1) is 0 Å². The Morgan fingerprint density at radius 3 is 2.19 bits per heavy atom. The van der Waals surface area contributed by atoms with Gasteiger partial charge in [0.2, 0.25) is 5.91 Å². The Morgan fingerprint density at radius 1 is 0.809 bits per heavy atom. The highest BCUT2D eigenvalue weighted by Gasteiger charge is 2.41. The van der Waals surface area contributed by atoms with Gasteiger partial charge in [0.25, 0.3) is 5.91 Å². The number of halogens is 3. The molecule has 0 aliphatic heterocycles. The SMILES string of the molecule is Cc1c(-c2ccc(NC(=O)c3ccccc3Oc3ccccc3)cc2)ccc2c1C(C(=O)N(CCN)CC(F)(F)F)c1ccccc1-2. The Labute approximate surface area is 270 Å². The third-order valence-corrected chi connectivity index (χ3v) is 8.25. The van der Waals surface area contributed by atoms with Crippen LogP contribution >= 0.6 is 0 Å². The molecule has 5 aromatic carbocycles. The Morgan fingerprint density at radius 2 is 1.47 bits per heavy atom. The Hall–Kier alpha value is -5.41. The van der Waals surface area contributed by atoms with Gasteiger partial charge in [-0.25, -0.2) is 0 Å².